The summed E-state index contributed by atoms with van der Waals surface area (Å²) in [4.78, 5) is 25.2. The van der Waals surface area contributed by atoms with E-state index in [2.05, 4.69) is 0 Å². The fraction of sp³-hybridized carbons (Fsp3) is 0.333. The standard InChI is InChI=1S/C12H14N2O3/c1-17-7-3-6-14-11(15)8-4-2-5-9(13)10(8)12(14)16/h2,4-5H,3,6-7,13H2,1H3. The number of nitrogens with zero attached hydrogens (tertiary/aromatic N) is 1. The second-order valence-electron chi connectivity index (χ2n) is 3.88. The molecule has 0 atom stereocenters. The molecule has 0 saturated heterocycles. The summed E-state index contributed by atoms with van der Waals surface area (Å²) in [7, 11) is 1.58. The number of carbonyl (C=O) groups excluding carboxylic acids is 2. The van der Waals surface area contributed by atoms with Crippen molar-refractivity contribution in [1.29, 1.82) is 0 Å². The van der Waals surface area contributed by atoms with Gasteiger partial charge in [-0.3, -0.25) is 14.5 Å². The molecule has 2 rings (SSSR count). The number of amides is 2. The number of nitrogen functional groups attached to an aromatic ring is 1. The third-order valence-corrected chi connectivity index (χ3v) is 2.76. The molecule has 2 N–H and O–H groups in total. The van der Waals surface area contributed by atoms with Crippen molar-refractivity contribution in [3.05, 3.63) is 29.3 Å². The average Bonchev–Trinajstić information content (AvgIpc) is 2.55. The van der Waals surface area contributed by atoms with Gasteiger partial charge in [-0.05, 0) is 18.6 Å². The molecule has 1 heterocycles. The van der Waals surface area contributed by atoms with Gasteiger partial charge in [-0.2, -0.15) is 0 Å². The fourth-order valence-electron chi connectivity index (χ4n) is 1.93. The van der Waals surface area contributed by atoms with Crippen molar-refractivity contribution in [2.75, 3.05) is 26.0 Å². The van der Waals surface area contributed by atoms with Gasteiger partial charge in [0.05, 0.1) is 11.1 Å². The van der Waals surface area contributed by atoms with Gasteiger partial charge in [0, 0.05) is 25.9 Å². The van der Waals surface area contributed by atoms with Crippen LogP contribution in [0.1, 0.15) is 27.1 Å². The summed E-state index contributed by atoms with van der Waals surface area (Å²) in [6, 6.07) is 4.93. The van der Waals surface area contributed by atoms with Gasteiger partial charge in [-0.1, -0.05) is 6.07 Å². The Bertz CT molecular complexity index is 471. The molecule has 5 nitrogen and oxygen atoms in total. The molecule has 0 fully saturated rings. The number of fused-ring (bicyclic) bond motifs is 1. The Morgan fingerprint density at radius 1 is 1.29 bits per heavy atom. The summed E-state index contributed by atoms with van der Waals surface area (Å²) in [6.45, 7) is 0.877. The van der Waals surface area contributed by atoms with E-state index in [0.29, 0.717) is 36.4 Å². The van der Waals surface area contributed by atoms with Crippen molar-refractivity contribution in [3.8, 4) is 0 Å². The number of carbonyl (C=O) groups is 2. The molecule has 1 aromatic rings. The smallest absolute Gasteiger partial charge is 0.263 e. The summed E-state index contributed by atoms with van der Waals surface area (Å²) in [5.41, 5.74) is 6.80. The molecular formula is C12H14N2O3. The van der Waals surface area contributed by atoms with Gasteiger partial charge < -0.3 is 10.5 Å². The highest BCUT2D eigenvalue weighted by Crippen LogP contribution is 2.27. The van der Waals surface area contributed by atoms with Crippen LogP contribution in [0.3, 0.4) is 0 Å². The molecule has 1 aliphatic rings. The number of benzene rings is 1. The number of ether oxygens (including phenoxy) is 1. The van der Waals surface area contributed by atoms with Gasteiger partial charge in [0.25, 0.3) is 11.8 Å². The predicted octanol–water partition coefficient (Wildman–Crippen LogP) is 0.901. The Morgan fingerprint density at radius 3 is 2.71 bits per heavy atom. The first-order valence-electron chi connectivity index (χ1n) is 5.40. The first-order valence-corrected chi connectivity index (χ1v) is 5.40. The average molecular weight is 234 g/mol. The van der Waals surface area contributed by atoms with E-state index in [0.717, 1.165) is 0 Å². The number of nitrogens with two attached hydrogens (primary N) is 1. The lowest BCUT2D eigenvalue weighted by Gasteiger charge is -2.12. The number of hydrogen-bond donors (Lipinski definition) is 1. The van der Waals surface area contributed by atoms with Crippen LogP contribution in [0.25, 0.3) is 0 Å². The van der Waals surface area contributed by atoms with Crippen LogP contribution in [0.15, 0.2) is 18.2 Å². The maximum atomic E-state index is 12.0. The van der Waals surface area contributed by atoms with Crippen molar-refractivity contribution >= 4 is 17.5 Å². The maximum Gasteiger partial charge on any atom is 0.263 e. The fourth-order valence-corrected chi connectivity index (χ4v) is 1.93. The van der Waals surface area contributed by atoms with Crippen molar-refractivity contribution < 1.29 is 14.3 Å². The number of imide groups is 1. The quantitative estimate of drug-likeness (QED) is 0.477. The molecule has 1 aromatic carbocycles. The lowest BCUT2D eigenvalue weighted by Crippen LogP contribution is -2.31. The molecule has 0 bridgehead atoms. The van der Waals surface area contributed by atoms with Crippen molar-refractivity contribution in [2.45, 2.75) is 6.42 Å². The summed E-state index contributed by atoms with van der Waals surface area (Å²) in [5, 5.41) is 0. The molecule has 0 saturated carbocycles. The molecule has 5 heteroatoms. The molecule has 0 radical (unpaired) electrons. The van der Waals surface area contributed by atoms with Gasteiger partial charge in [-0.15, -0.1) is 0 Å². The molecule has 0 spiro atoms. The summed E-state index contributed by atoms with van der Waals surface area (Å²) >= 11 is 0. The van der Waals surface area contributed by atoms with Crippen LogP contribution in [0.5, 0.6) is 0 Å². The summed E-state index contributed by atoms with van der Waals surface area (Å²) in [5.74, 6) is -0.576. The molecule has 2 amide bonds. The minimum absolute atomic E-state index is 0.270. The highest BCUT2D eigenvalue weighted by atomic mass is 16.5. The van der Waals surface area contributed by atoms with Gasteiger partial charge >= 0.3 is 0 Å². The van der Waals surface area contributed by atoms with Gasteiger partial charge in [0.2, 0.25) is 0 Å². The van der Waals surface area contributed by atoms with Crippen LogP contribution in [0.4, 0.5) is 5.69 Å². The van der Waals surface area contributed by atoms with E-state index in [-0.39, 0.29) is 11.8 Å². The monoisotopic (exact) mass is 234 g/mol. The topological polar surface area (TPSA) is 72.6 Å². The largest absolute Gasteiger partial charge is 0.398 e. The predicted molar refractivity (Wildman–Crippen MR) is 62.7 cm³/mol. The van der Waals surface area contributed by atoms with E-state index in [4.69, 9.17) is 10.5 Å². The SMILES string of the molecule is COCCCN1C(=O)c2cccc(N)c2C1=O. The van der Waals surface area contributed by atoms with Crippen LogP contribution >= 0.6 is 0 Å². The van der Waals surface area contributed by atoms with Crippen molar-refractivity contribution in [1.82, 2.24) is 4.90 Å². The van der Waals surface area contributed by atoms with Crippen LogP contribution < -0.4 is 5.73 Å². The van der Waals surface area contributed by atoms with E-state index in [1.54, 1.807) is 25.3 Å². The van der Waals surface area contributed by atoms with E-state index < -0.39 is 0 Å². The Morgan fingerprint density at radius 2 is 2.06 bits per heavy atom. The summed E-state index contributed by atoms with van der Waals surface area (Å²) in [6.07, 6.45) is 0.627. The molecule has 0 unspecified atom stereocenters. The molecule has 0 aromatic heterocycles. The number of hydrogen-bond acceptors (Lipinski definition) is 4. The van der Waals surface area contributed by atoms with Gasteiger partial charge in [0.15, 0.2) is 0 Å². The Kier molecular flexibility index (Phi) is 3.10. The van der Waals surface area contributed by atoms with Crippen molar-refractivity contribution in [2.24, 2.45) is 0 Å². The second-order valence-corrected chi connectivity index (χ2v) is 3.88. The molecule has 90 valence electrons. The Labute approximate surface area is 99.2 Å². The van der Waals surface area contributed by atoms with Gasteiger partial charge in [-0.25, -0.2) is 0 Å². The van der Waals surface area contributed by atoms with Crippen LogP contribution in [0.2, 0.25) is 0 Å². The van der Waals surface area contributed by atoms with Crippen LogP contribution in [0, 0.1) is 0 Å². The van der Waals surface area contributed by atoms with Crippen LogP contribution in [-0.2, 0) is 4.74 Å². The highest BCUT2D eigenvalue weighted by Gasteiger charge is 2.36. The summed E-state index contributed by atoms with van der Waals surface area (Å²) < 4.78 is 4.90. The highest BCUT2D eigenvalue weighted by molar-refractivity contribution is 6.23. The molecule has 1 aliphatic heterocycles. The van der Waals surface area contributed by atoms with E-state index in [1.807, 2.05) is 0 Å². The number of anilines is 1. The third kappa shape index (κ3) is 1.89. The van der Waals surface area contributed by atoms with Crippen molar-refractivity contribution in [3.63, 3.8) is 0 Å². The molecule has 0 aliphatic carbocycles. The zero-order chi connectivity index (χ0) is 12.4. The third-order valence-electron chi connectivity index (χ3n) is 2.76. The van der Waals surface area contributed by atoms with E-state index in [9.17, 15) is 9.59 Å². The minimum atomic E-state index is -0.306. The lowest BCUT2D eigenvalue weighted by molar-refractivity contribution is 0.0639. The lowest BCUT2D eigenvalue weighted by atomic mass is 10.1. The normalized spacial score (nSPS) is 14.3. The maximum absolute atomic E-state index is 12.0. The Hall–Kier alpha value is -1.88. The Balaban J connectivity index is 2.24. The van der Waals surface area contributed by atoms with E-state index in [1.165, 1.54) is 4.90 Å². The van der Waals surface area contributed by atoms with Gasteiger partial charge in [0.1, 0.15) is 0 Å². The zero-order valence-corrected chi connectivity index (χ0v) is 9.60. The molecule has 17 heavy (non-hydrogen) atoms. The number of rotatable bonds is 4. The first-order chi connectivity index (χ1) is 8.16. The molecular weight excluding hydrogens is 220 g/mol. The number of methoxy groups -OCH3 is 1. The minimum Gasteiger partial charge on any atom is -0.398 e. The second kappa shape index (κ2) is 4.55. The van der Waals surface area contributed by atoms with E-state index >= 15 is 0 Å². The zero-order valence-electron chi connectivity index (χ0n) is 9.60. The van der Waals surface area contributed by atoms with Crippen LogP contribution in [-0.4, -0.2) is 37.0 Å². The first kappa shape index (κ1) is 11.6.